The molecule has 0 radical (unpaired) electrons. The van der Waals surface area contributed by atoms with Gasteiger partial charge in [0.2, 0.25) is 0 Å². The Labute approximate surface area is 136 Å². The normalized spacial score (nSPS) is 12.2. The number of halogens is 2. The molecule has 2 nitrogen and oxygen atoms in total. The van der Waals surface area contributed by atoms with Gasteiger partial charge in [0.15, 0.2) is 0 Å². The fourth-order valence-corrected chi connectivity index (χ4v) is 2.46. The summed E-state index contributed by atoms with van der Waals surface area (Å²) in [5, 5.41) is 4.88. The highest BCUT2D eigenvalue weighted by Crippen LogP contribution is 2.22. The zero-order valence-corrected chi connectivity index (χ0v) is 13.7. The van der Waals surface area contributed by atoms with Crippen LogP contribution in [0.5, 0.6) is 5.75 Å². The van der Waals surface area contributed by atoms with Crippen LogP contribution in [0, 0.1) is 0 Å². The summed E-state index contributed by atoms with van der Waals surface area (Å²) in [7, 11) is 0. The molecule has 21 heavy (non-hydrogen) atoms. The summed E-state index contributed by atoms with van der Waals surface area (Å²) in [5.74, 6) is 0.895. The molecule has 2 aromatic rings. The summed E-state index contributed by atoms with van der Waals surface area (Å²) in [5.41, 5.74) is 2.21. The van der Waals surface area contributed by atoms with E-state index in [1.165, 1.54) is 5.56 Å². The van der Waals surface area contributed by atoms with E-state index in [0.717, 1.165) is 16.3 Å². The van der Waals surface area contributed by atoms with Crippen LogP contribution in [0.1, 0.15) is 31.0 Å². The number of benzene rings is 2. The molecule has 1 atom stereocenters. The fourth-order valence-electron chi connectivity index (χ4n) is 2.08. The molecule has 0 aliphatic rings. The second-order valence-electron chi connectivity index (χ2n) is 4.84. The van der Waals surface area contributed by atoms with Crippen molar-refractivity contribution in [1.82, 2.24) is 5.32 Å². The first kappa shape index (κ1) is 16.2. The molecule has 0 spiro atoms. The molecule has 0 bridgehead atoms. The summed E-state index contributed by atoms with van der Waals surface area (Å²) < 4.78 is 5.45. The molecule has 0 aromatic heterocycles. The molecule has 0 amide bonds. The summed E-state index contributed by atoms with van der Waals surface area (Å²) >= 11 is 12.2. The molecule has 0 aliphatic carbocycles. The van der Waals surface area contributed by atoms with Crippen molar-refractivity contribution in [2.24, 2.45) is 0 Å². The average Bonchev–Trinajstić information content (AvgIpc) is 2.49. The van der Waals surface area contributed by atoms with Crippen molar-refractivity contribution in [2.75, 3.05) is 6.61 Å². The van der Waals surface area contributed by atoms with Gasteiger partial charge in [0, 0.05) is 22.6 Å². The number of ether oxygens (including phenoxy) is 1. The Morgan fingerprint density at radius 2 is 1.81 bits per heavy atom. The van der Waals surface area contributed by atoms with E-state index in [9.17, 15) is 0 Å². The van der Waals surface area contributed by atoms with Gasteiger partial charge in [-0.3, -0.25) is 0 Å². The summed E-state index contributed by atoms with van der Waals surface area (Å²) in [6.07, 6.45) is 0. The Kier molecular flexibility index (Phi) is 5.92. The lowest BCUT2D eigenvalue weighted by Gasteiger charge is -2.15. The lowest BCUT2D eigenvalue weighted by molar-refractivity contribution is 0.340. The fraction of sp³-hybridized carbons (Fsp3) is 0.294. The van der Waals surface area contributed by atoms with E-state index in [1.807, 2.05) is 31.2 Å². The van der Waals surface area contributed by atoms with Gasteiger partial charge < -0.3 is 10.1 Å². The van der Waals surface area contributed by atoms with Gasteiger partial charge in [0.05, 0.1) is 6.61 Å². The molecule has 1 unspecified atom stereocenters. The molecular weight excluding hydrogens is 305 g/mol. The Morgan fingerprint density at radius 3 is 2.48 bits per heavy atom. The Bertz CT molecular complexity index is 584. The van der Waals surface area contributed by atoms with Crippen LogP contribution >= 0.6 is 23.2 Å². The molecule has 2 aromatic carbocycles. The van der Waals surface area contributed by atoms with E-state index in [2.05, 4.69) is 24.4 Å². The van der Waals surface area contributed by atoms with Crippen LogP contribution in [0.4, 0.5) is 0 Å². The number of hydrogen-bond donors (Lipinski definition) is 1. The Morgan fingerprint density at radius 1 is 1.10 bits per heavy atom. The van der Waals surface area contributed by atoms with Crippen LogP contribution in [0.2, 0.25) is 10.0 Å². The molecule has 0 fully saturated rings. The van der Waals surface area contributed by atoms with Crippen LogP contribution in [0.3, 0.4) is 0 Å². The number of hydrogen-bond acceptors (Lipinski definition) is 2. The van der Waals surface area contributed by atoms with Crippen LogP contribution in [-0.2, 0) is 6.54 Å². The maximum Gasteiger partial charge on any atom is 0.119 e. The molecule has 0 saturated heterocycles. The minimum Gasteiger partial charge on any atom is -0.494 e. The van der Waals surface area contributed by atoms with Crippen molar-refractivity contribution in [3.05, 3.63) is 63.6 Å². The average molecular weight is 324 g/mol. The number of rotatable bonds is 6. The quantitative estimate of drug-likeness (QED) is 0.784. The molecule has 0 heterocycles. The van der Waals surface area contributed by atoms with E-state index in [0.29, 0.717) is 18.2 Å². The van der Waals surface area contributed by atoms with Gasteiger partial charge in [0.25, 0.3) is 0 Å². The van der Waals surface area contributed by atoms with Crippen LogP contribution in [-0.4, -0.2) is 6.61 Å². The predicted molar refractivity (Wildman–Crippen MR) is 89.3 cm³/mol. The standard InChI is InChI=1S/C17H19Cl2NO/c1-3-21-16-7-4-13(5-8-16)12(2)20-11-14-10-15(18)6-9-17(14)19/h4-10,12,20H,3,11H2,1-2H3. The van der Waals surface area contributed by atoms with Crippen molar-refractivity contribution in [3.8, 4) is 5.75 Å². The maximum atomic E-state index is 6.17. The van der Waals surface area contributed by atoms with Crippen LogP contribution < -0.4 is 10.1 Å². The maximum absolute atomic E-state index is 6.17. The van der Waals surface area contributed by atoms with Crippen molar-refractivity contribution in [3.63, 3.8) is 0 Å². The van der Waals surface area contributed by atoms with Crippen molar-refractivity contribution < 1.29 is 4.74 Å². The first-order valence-corrected chi connectivity index (χ1v) is 7.76. The van der Waals surface area contributed by atoms with Gasteiger partial charge in [0.1, 0.15) is 5.75 Å². The third-order valence-corrected chi connectivity index (χ3v) is 3.90. The smallest absolute Gasteiger partial charge is 0.119 e. The van der Waals surface area contributed by atoms with Crippen LogP contribution in [0.25, 0.3) is 0 Å². The van der Waals surface area contributed by atoms with Gasteiger partial charge in [-0.2, -0.15) is 0 Å². The lowest BCUT2D eigenvalue weighted by Crippen LogP contribution is -2.18. The van der Waals surface area contributed by atoms with E-state index in [1.54, 1.807) is 6.07 Å². The highest BCUT2D eigenvalue weighted by molar-refractivity contribution is 6.33. The number of nitrogens with one attached hydrogen (secondary N) is 1. The summed E-state index contributed by atoms with van der Waals surface area (Å²) in [6, 6.07) is 13.8. The van der Waals surface area contributed by atoms with E-state index < -0.39 is 0 Å². The van der Waals surface area contributed by atoms with Crippen molar-refractivity contribution in [1.29, 1.82) is 0 Å². The summed E-state index contributed by atoms with van der Waals surface area (Å²) in [6.45, 7) is 5.45. The van der Waals surface area contributed by atoms with Crippen molar-refractivity contribution in [2.45, 2.75) is 26.4 Å². The zero-order valence-electron chi connectivity index (χ0n) is 12.2. The third-order valence-electron chi connectivity index (χ3n) is 3.30. The highest BCUT2D eigenvalue weighted by Gasteiger charge is 2.07. The summed E-state index contributed by atoms with van der Waals surface area (Å²) in [4.78, 5) is 0. The van der Waals surface area contributed by atoms with Gasteiger partial charge in [-0.1, -0.05) is 35.3 Å². The first-order chi connectivity index (χ1) is 10.1. The van der Waals surface area contributed by atoms with E-state index in [-0.39, 0.29) is 6.04 Å². The SMILES string of the molecule is CCOc1ccc(C(C)NCc2cc(Cl)ccc2Cl)cc1. The van der Waals surface area contributed by atoms with Gasteiger partial charge >= 0.3 is 0 Å². The molecule has 0 aliphatic heterocycles. The zero-order chi connectivity index (χ0) is 15.2. The second-order valence-corrected chi connectivity index (χ2v) is 5.68. The van der Waals surface area contributed by atoms with Gasteiger partial charge in [-0.05, 0) is 55.3 Å². The molecule has 2 rings (SSSR count). The predicted octanol–water partition coefficient (Wildman–Crippen LogP) is 5.24. The molecule has 1 N–H and O–H groups in total. The molecule has 112 valence electrons. The monoisotopic (exact) mass is 323 g/mol. The molecule has 0 saturated carbocycles. The Hall–Kier alpha value is -1.22. The van der Waals surface area contributed by atoms with Gasteiger partial charge in [-0.15, -0.1) is 0 Å². The van der Waals surface area contributed by atoms with E-state index >= 15 is 0 Å². The van der Waals surface area contributed by atoms with Crippen LogP contribution in [0.15, 0.2) is 42.5 Å². The van der Waals surface area contributed by atoms with Gasteiger partial charge in [-0.25, -0.2) is 0 Å². The molecule has 4 heteroatoms. The first-order valence-electron chi connectivity index (χ1n) is 7.00. The third kappa shape index (κ3) is 4.63. The topological polar surface area (TPSA) is 21.3 Å². The molecular formula is C17H19Cl2NO. The largest absolute Gasteiger partial charge is 0.494 e. The van der Waals surface area contributed by atoms with E-state index in [4.69, 9.17) is 27.9 Å². The lowest BCUT2D eigenvalue weighted by atomic mass is 10.1. The minimum atomic E-state index is 0.218. The minimum absolute atomic E-state index is 0.218. The second kappa shape index (κ2) is 7.69. The highest BCUT2D eigenvalue weighted by atomic mass is 35.5. The Balaban J connectivity index is 1.97. The van der Waals surface area contributed by atoms with Crippen molar-refractivity contribution >= 4 is 23.2 Å².